The van der Waals surface area contributed by atoms with Gasteiger partial charge in [0.1, 0.15) is 11.6 Å². The van der Waals surface area contributed by atoms with Crippen LogP contribution >= 0.6 is 23.5 Å². The molecule has 0 radical (unpaired) electrons. The lowest BCUT2D eigenvalue weighted by molar-refractivity contribution is 0.257. The van der Waals surface area contributed by atoms with E-state index in [-0.39, 0.29) is 5.82 Å². The van der Waals surface area contributed by atoms with E-state index >= 15 is 0 Å². The molecule has 0 saturated carbocycles. The highest BCUT2D eigenvalue weighted by Crippen LogP contribution is 2.50. The first-order valence-electron chi connectivity index (χ1n) is 7.89. The van der Waals surface area contributed by atoms with E-state index in [0.29, 0.717) is 23.0 Å². The van der Waals surface area contributed by atoms with Gasteiger partial charge in [-0.1, -0.05) is 39.5 Å². The molecule has 1 aromatic rings. The second-order valence-electron chi connectivity index (χ2n) is 5.25. The van der Waals surface area contributed by atoms with Crippen molar-refractivity contribution in [2.75, 3.05) is 12.8 Å². The van der Waals surface area contributed by atoms with Crippen LogP contribution in [0.2, 0.25) is 0 Å². The van der Waals surface area contributed by atoms with E-state index in [0.717, 1.165) is 38.5 Å². The molecule has 0 heterocycles. The Balaban J connectivity index is 2.67. The van der Waals surface area contributed by atoms with Crippen LogP contribution < -0.4 is 4.52 Å². The summed E-state index contributed by atoms with van der Waals surface area (Å²) in [6.07, 6.45) is 6.28. The van der Waals surface area contributed by atoms with E-state index in [1.54, 1.807) is 0 Å². The zero-order valence-corrected chi connectivity index (χ0v) is 15.8. The van der Waals surface area contributed by atoms with Crippen molar-refractivity contribution in [2.45, 2.75) is 52.4 Å². The maximum Gasteiger partial charge on any atom is 0.379 e. The molecular formula is C16H25BrFO3P. The van der Waals surface area contributed by atoms with Gasteiger partial charge in [0.05, 0.1) is 17.2 Å². The van der Waals surface area contributed by atoms with Crippen molar-refractivity contribution < 1.29 is 18.0 Å². The molecule has 0 N–H and O–H groups in total. The number of hydrogen-bond donors (Lipinski definition) is 0. The van der Waals surface area contributed by atoms with Gasteiger partial charge in [0.2, 0.25) is 0 Å². The third kappa shape index (κ3) is 7.26. The smallest absolute Gasteiger partial charge is 0.379 e. The molecule has 1 rings (SSSR count). The Labute approximate surface area is 141 Å². The second-order valence-corrected chi connectivity index (χ2v) is 8.21. The number of rotatable bonds is 11. The quantitative estimate of drug-likeness (QED) is 0.315. The molecule has 0 saturated heterocycles. The minimum atomic E-state index is -3.20. The summed E-state index contributed by atoms with van der Waals surface area (Å²) in [5.74, 6) is -0.0162. The van der Waals surface area contributed by atoms with E-state index in [1.165, 1.54) is 18.2 Å². The van der Waals surface area contributed by atoms with Gasteiger partial charge in [0.15, 0.2) is 0 Å². The van der Waals surface area contributed by atoms with Gasteiger partial charge in [-0.2, -0.15) is 0 Å². The van der Waals surface area contributed by atoms with Gasteiger partial charge < -0.3 is 4.52 Å². The van der Waals surface area contributed by atoms with Crippen molar-refractivity contribution in [3.05, 3.63) is 28.5 Å². The normalized spacial score (nSPS) is 13.8. The van der Waals surface area contributed by atoms with Gasteiger partial charge in [-0.25, -0.2) is 8.96 Å². The van der Waals surface area contributed by atoms with Crippen LogP contribution in [0, 0.1) is 5.82 Å². The molecule has 1 atom stereocenters. The minimum absolute atomic E-state index is 0.356. The van der Waals surface area contributed by atoms with Crippen molar-refractivity contribution in [2.24, 2.45) is 0 Å². The maximum atomic E-state index is 13.1. The van der Waals surface area contributed by atoms with Crippen molar-refractivity contribution in [3.63, 3.8) is 0 Å². The third-order valence-electron chi connectivity index (χ3n) is 3.20. The predicted octanol–water partition coefficient (Wildman–Crippen LogP) is 6.56. The summed E-state index contributed by atoms with van der Waals surface area (Å²) in [5.41, 5.74) is 0. The average molecular weight is 395 g/mol. The molecular weight excluding hydrogens is 370 g/mol. The molecule has 0 amide bonds. The lowest BCUT2D eigenvalue weighted by Gasteiger charge is -2.20. The third-order valence-corrected chi connectivity index (χ3v) is 5.74. The average Bonchev–Trinajstić information content (AvgIpc) is 2.48. The Morgan fingerprint density at radius 2 is 1.86 bits per heavy atom. The van der Waals surface area contributed by atoms with Crippen LogP contribution in [0.25, 0.3) is 0 Å². The molecule has 0 aliphatic heterocycles. The fourth-order valence-corrected chi connectivity index (χ4v) is 4.32. The fourth-order valence-electron chi connectivity index (χ4n) is 1.92. The van der Waals surface area contributed by atoms with Gasteiger partial charge >= 0.3 is 7.60 Å². The fraction of sp³-hybridized carbons (Fsp3) is 0.625. The van der Waals surface area contributed by atoms with Crippen molar-refractivity contribution in [1.29, 1.82) is 0 Å². The van der Waals surface area contributed by atoms with Crippen molar-refractivity contribution >= 4 is 23.5 Å². The Kier molecular flexibility index (Phi) is 9.30. The van der Waals surface area contributed by atoms with Gasteiger partial charge in [0.25, 0.3) is 0 Å². The standard InChI is InChI=1S/C16H25BrFO3P/c1-3-5-7-8-11-20-22(19,12-6-4-2)21-16-10-9-14(18)13-15(16)17/h9-10,13H,3-8,11-12H2,1-2H3. The van der Waals surface area contributed by atoms with Gasteiger partial charge in [-0.3, -0.25) is 4.52 Å². The largest absolute Gasteiger partial charge is 0.423 e. The Hall–Kier alpha value is -0.380. The van der Waals surface area contributed by atoms with Crippen LogP contribution in [0.4, 0.5) is 4.39 Å². The molecule has 22 heavy (non-hydrogen) atoms. The molecule has 1 unspecified atom stereocenters. The minimum Gasteiger partial charge on any atom is -0.423 e. The molecule has 0 bridgehead atoms. The van der Waals surface area contributed by atoms with Crippen LogP contribution in [0.1, 0.15) is 52.4 Å². The Morgan fingerprint density at radius 3 is 2.50 bits per heavy atom. The zero-order valence-electron chi connectivity index (χ0n) is 13.3. The topological polar surface area (TPSA) is 35.5 Å². The van der Waals surface area contributed by atoms with E-state index in [9.17, 15) is 8.96 Å². The molecule has 3 nitrogen and oxygen atoms in total. The zero-order chi connectivity index (χ0) is 16.4. The van der Waals surface area contributed by atoms with Gasteiger partial charge in [0, 0.05) is 0 Å². The molecule has 0 aliphatic rings. The number of hydrogen-bond acceptors (Lipinski definition) is 3. The number of halogens is 2. The van der Waals surface area contributed by atoms with Crippen molar-refractivity contribution in [3.8, 4) is 5.75 Å². The molecule has 6 heteroatoms. The molecule has 0 aromatic heterocycles. The van der Waals surface area contributed by atoms with Crippen molar-refractivity contribution in [1.82, 2.24) is 0 Å². The summed E-state index contributed by atoms with van der Waals surface area (Å²) >= 11 is 3.23. The number of benzene rings is 1. The highest BCUT2D eigenvalue weighted by atomic mass is 79.9. The van der Waals surface area contributed by atoms with Gasteiger partial charge in [-0.15, -0.1) is 0 Å². The van der Waals surface area contributed by atoms with E-state index in [2.05, 4.69) is 22.9 Å². The van der Waals surface area contributed by atoms with Gasteiger partial charge in [-0.05, 0) is 47.0 Å². The summed E-state index contributed by atoms with van der Waals surface area (Å²) in [6.45, 7) is 4.60. The monoisotopic (exact) mass is 394 g/mol. The van der Waals surface area contributed by atoms with E-state index in [4.69, 9.17) is 9.05 Å². The van der Waals surface area contributed by atoms with Crippen LogP contribution in [0.5, 0.6) is 5.75 Å². The predicted molar refractivity (Wildman–Crippen MR) is 92.2 cm³/mol. The summed E-state index contributed by atoms with van der Waals surface area (Å²) < 4.78 is 37.6. The first-order valence-corrected chi connectivity index (χ1v) is 10.4. The summed E-state index contributed by atoms with van der Waals surface area (Å²) in [6, 6.07) is 4.05. The maximum absolute atomic E-state index is 13.1. The lowest BCUT2D eigenvalue weighted by Crippen LogP contribution is -2.04. The summed E-state index contributed by atoms with van der Waals surface area (Å²) in [7, 11) is -3.20. The second kappa shape index (κ2) is 10.4. The van der Waals surface area contributed by atoms with Crippen LogP contribution in [-0.2, 0) is 9.09 Å². The lowest BCUT2D eigenvalue weighted by atomic mass is 10.2. The van der Waals surface area contributed by atoms with Crippen LogP contribution in [0.15, 0.2) is 22.7 Å². The summed E-state index contributed by atoms with van der Waals surface area (Å²) in [4.78, 5) is 0. The molecule has 0 spiro atoms. The molecule has 126 valence electrons. The summed E-state index contributed by atoms with van der Waals surface area (Å²) in [5, 5.41) is 0. The van der Waals surface area contributed by atoms with E-state index < -0.39 is 7.60 Å². The highest BCUT2D eigenvalue weighted by molar-refractivity contribution is 9.10. The van der Waals surface area contributed by atoms with E-state index in [1.807, 2.05) is 6.92 Å². The van der Waals surface area contributed by atoms with Crippen LogP contribution in [-0.4, -0.2) is 12.8 Å². The first kappa shape index (κ1) is 19.7. The Morgan fingerprint density at radius 1 is 1.14 bits per heavy atom. The highest BCUT2D eigenvalue weighted by Gasteiger charge is 2.26. The Bertz CT molecular complexity index is 496. The first-order chi connectivity index (χ1) is 10.5. The molecule has 0 aliphatic carbocycles. The number of unbranched alkanes of at least 4 members (excludes halogenated alkanes) is 4. The SMILES string of the molecule is CCCCCCOP(=O)(CCCC)Oc1ccc(F)cc1Br. The van der Waals surface area contributed by atoms with Crippen LogP contribution in [0.3, 0.4) is 0 Å². The molecule has 1 aromatic carbocycles. The molecule has 0 fully saturated rings.